The summed E-state index contributed by atoms with van der Waals surface area (Å²) in [6.45, 7) is 4.72. The van der Waals surface area contributed by atoms with Crippen LogP contribution in [0.5, 0.6) is 0 Å². The number of aliphatic hydroxyl groups excluding tert-OH is 1. The minimum absolute atomic E-state index is 0.0717. The zero-order valence-electron chi connectivity index (χ0n) is 16.0. The zero-order chi connectivity index (χ0) is 19.7. The van der Waals surface area contributed by atoms with Crippen molar-refractivity contribution in [1.82, 2.24) is 9.80 Å². The first-order valence-corrected chi connectivity index (χ1v) is 8.85. The molecule has 1 aliphatic heterocycles. The van der Waals surface area contributed by atoms with Crippen LogP contribution in [0, 0.1) is 13.8 Å². The molecule has 2 heterocycles. The van der Waals surface area contributed by atoms with Gasteiger partial charge in [0.1, 0.15) is 17.6 Å². The number of likely N-dealkylation sites (tertiary alicyclic amines) is 1. The number of rotatable bonds is 5. The number of carbonyl (C=O) groups is 2. The van der Waals surface area contributed by atoms with Crippen molar-refractivity contribution < 1.29 is 19.1 Å². The molecule has 1 amide bonds. The van der Waals surface area contributed by atoms with Crippen molar-refractivity contribution in [3.63, 3.8) is 0 Å². The Bertz CT molecular complexity index is 897. The molecule has 1 atom stereocenters. The van der Waals surface area contributed by atoms with Gasteiger partial charge in [0, 0.05) is 18.7 Å². The monoisotopic (exact) mass is 368 g/mol. The SMILES string of the molecule is Cc1ccc(C)c(C(O)=C2C(=O)C(=O)N(CCN(C)C)[C@@H]2c2ccco2)c1. The smallest absolute Gasteiger partial charge is 0.295 e. The van der Waals surface area contributed by atoms with Crippen LogP contribution in [-0.2, 0) is 9.59 Å². The molecule has 1 fully saturated rings. The molecule has 1 aliphatic rings. The first-order valence-electron chi connectivity index (χ1n) is 8.85. The number of carbonyl (C=O) groups excluding carboxylic acids is 2. The van der Waals surface area contributed by atoms with Gasteiger partial charge in [-0.2, -0.15) is 0 Å². The Labute approximate surface area is 158 Å². The fourth-order valence-electron chi connectivity index (χ4n) is 3.30. The number of furan rings is 1. The lowest BCUT2D eigenvalue weighted by Crippen LogP contribution is -2.35. The fourth-order valence-corrected chi connectivity index (χ4v) is 3.30. The van der Waals surface area contributed by atoms with E-state index in [1.165, 1.54) is 11.2 Å². The van der Waals surface area contributed by atoms with Gasteiger partial charge in [-0.05, 0) is 51.7 Å². The molecule has 3 rings (SSSR count). The third-order valence-electron chi connectivity index (χ3n) is 4.79. The van der Waals surface area contributed by atoms with Crippen LogP contribution < -0.4 is 0 Å². The molecule has 1 saturated heterocycles. The Hall–Kier alpha value is -2.86. The van der Waals surface area contributed by atoms with Gasteiger partial charge in [-0.15, -0.1) is 0 Å². The molecular formula is C21H24N2O4. The van der Waals surface area contributed by atoms with Gasteiger partial charge in [-0.1, -0.05) is 17.7 Å². The van der Waals surface area contributed by atoms with Crippen LogP contribution in [0.15, 0.2) is 46.6 Å². The number of hydrogen-bond acceptors (Lipinski definition) is 5. The quantitative estimate of drug-likeness (QED) is 0.499. The number of benzene rings is 1. The lowest BCUT2D eigenvalue weighted by molar-refractivity contribution is -0.140. The molecule has 1 aromatic heterocycles. The maximum Gasteiger partial charge on any atom is 0.295 e. The van der Waals surface area contributed by atoms with Crippen molar-refractivity contribution in [1.29, 1.82) is 0 Å². The highest BCUT2D eigenvalue weighted by atomic mass is 16.3. The molecule has 6 heteroatoms. The van der Waals surface area contributed by atoms with Crippen LogP contribution in [0.1, 0.15) is 28.5 Å². The van der Waals surface area contributed by atoms with Crippen LogP contribution >= 0.6 is 0 Å². The van der Waals surface area contributed by atoms with E-state index in [0.29, 0.717) is 24.4 Å². The Morgan fingerprint density at radius 3 is 2.59 bits per heavy atom. The van der Waals surface area contributed by atoms with Crippen molar-refractivity contribution in [2.24, 2.45) is 0 Å². The summed E-state index contributed by atoms with van der Waals surface area (Å²) in [5, 5.41) is 11.0. The summed E-state index contributed by atoms with van der Waals surface area (Å²) in [5.74, 6) is -1.01. The minimum atomic E-state index is -0.736. The summed E-state index contributed by atoms with van der Waals surface area (Å²) in [6.07, 6.45) is 1.50. The molecular weight excluding hydrogens is 344 g/mol. The van der Waals surface area contributed by atoms with E-state index in [4.69, 9.17) is 4.42 Å². The topological polar surface area (TPSA) is 74.0 Å². The van der Waals surface area contributed by atoms with Crippen molar-refractivity contribution in [2.75, 3.05) is 27.2 Å². The van der Waals surface area contributed by atoms with Gasteiger partial charge in [-0.25, -0.2) is 0 Å². The van der Waals surface area contributed by atoms with Crippen LogP contribution in [0.3, 0.4) is 0 Å². The van der Waals surface area contributed by atoms with E-state index in [2.05, 4.69) is 0 Å². The number of ketones is 1. The highest BCUT2D eigenvalue weighted by molar-refractivity contribution is 6.46. The second-order valence-corrected chi connectivity index (χ2v) is 7.13. The summed E-state index contributed by atoms with van der Waals surface area (Å²) < 4.78 is 5.52. The molecule has 142 valence electrons. The van der Waals surface area contributed by atoms with Gasteiger partial charge in [-0.3, -0.25) is 9.59 Å². The third-order valence-corrected chi connectivity index (χ3v) is 4.79. The molecule has 2 aromatic rings. The molecule has 27 heavy (non-hydrogen) atoms. The number of nitrogens with zero attached hydrogens (tertiary/aromatic N) is 2. The highest BCUT2D eigenvalue weighted by Crippen LogP contribution is 2.39. The Kier molecular flexibility index (Phi) is 5.19. The van der Waals surface area contributed by atoms with Crippen LogP contribution in [0.4, 0.5) is 0 Å². The average molecular weight is 368 g/mol. The number of Topliss-reactive ketones (excluding diaryl/α,β-unsaturated/α-hetero) is 1. The number of likely N-dealkylation sites (N-methyl/N-ethyl adjacent to an activating group) is 1. The van der Waals surface area contributed by atoms with Crippen LogP contribution in [0.25, 0.3) is 5.76 Å². The molecule has 0 radical (unpaired) electrons. The average Bonchev–Trinajstić information content (AvgIpc) is 3.22. The second-order valence-electron chi connectivity index (χ2n) is 7.13. The van der Waals surface area contributed by atoms with Crippen molar-refractivity contribution in [3.8, 4) is 0 Å². The second kappa shape index (κ2) is 7.40. The van der Waals surface area contributed by atoms with E-state index in [-0.39, 0.29) is 11.3 Å². The first-order chi connectivity index (χ1) is 12.8. The summed E-state index contributed by atoms with van der Waals surface area (Å²) >= 11 is 0. The van der Waals surface area contributed by atoms with Gasteiger partial charge in [0.2, 0.25) is 0 Å². The van der Waals surface area contributed by atoms with Gasteiger partial charge in [0.05, 0.1) is 11.8 Å². The number of hydrogen-bond donors (Lipinski definition) is 1. The third kappa shape index (κ3) is 3.53. The molecule has 1 aromatic carbocycles. The van der Waals surface area contributed by atoms with Crippen LogP contribution in [0.2, 0.25) is 0 Å². The fraction of sp³-hybridized carbons (Fsp3) is 0.333. The standard InChI is InChI=1S/C21H24N2O4/c1-13-7-8-14(2)15(12-13)19(24)17-18(16-6-5-11-27-16)23(10-9-22(3)4)21(26)20(17)25/h5-8,11-12,18,24H,9-10H2,1-4H3/t18-/m1/s1. The van der Waals surface area contributed by atoms with E-state index in [1.807, 2.05) is 51.0 Å². The number of aryl methyl sites for hydroxylation is 2. The largest absolute Gasteiger partial charge is 0.507 e. The Balaban J connectivity index is 2.15. The predicted octanol–water partition coefficient (Wildman–Crippen LogP) is 2.88. The first kappa shape index (κ1) is 18.9. The molecule has 6 nitrogen and oxygen atoms in total. The van der Waals surface area contributed by atoms with E-state index >= 15 is 0 Å². The lowest BCUT2D eigenvalue weighted by Gasteiger charge is -2.24. The van der Waals surface area contributed by atoms with Crippen molar-refractivity contribution in [3.05, 3.63) is 64.6 Å². The molecule has 0 bridgehead atoms. The highest BCUT2D eigenvalue weighted by Gasteiger charge is 2.47. The van der Waals surface area contributed by atoms with Crippen LogP contribution in [-0.4, -0.2) is 53.8 Å². The maximum atomic E-state index is 12.8. The Morgan fingerprint density at radius 2 is 1.96 bits per heavy atom. The summed E-state index contributed by atoms with van der Waals surface area (Å²) in [6, 6.07) is 8.33. The van der Waals surface area contributed by atoms with Gasteiger partial charge >= 0.3 is 0 Å². The van der Waals surface area contributed by atoms with Gasteiger partial charge in [0.15, 0.2) is 0 Å². The van der Waals surface area contributed by atoms with E-state index in [9.17, 15) is 14.7 Å². The van der Waals surface area contributed by atoms with Crippen molar-refractivity contribution in [2.45, 2.75) is 19.9 Å². The summed E-state index contributed by atoms with van der Waals surface area (Å²) in [7, 11) is 3.79. The summed E-state index contributed by atoms with van der Waals surface area (Å²) in [4.78, 5) is 28.9. The molecule has 0 saturated carbocycles. The Morgan fingerprint density at radius 1 is 1.22 bits per heavy atom. The number of aliphatic hydroxyl groups is 1. The van der Waals surface area contributed by atoms with Gasteiger partial charge in [0.25, 0.3) is 11.7 Å². The summed E-state index contributed by atoms with van der Waals surface area (Å²) in [5.41, 5.74) is 2.41. The van der Waals surface area contributed by atoms with E-state index in [0.717, 1.165) is 11.1 Å². The predicted molar refractivity (Wildman–Crippen MR) is 102 cm³/mol. The van der Waals surface area contributed by atoms with Crippen molar-refractivity contribution >= 4 is 17.4 Å². The molecule has 1 N–H and O–H groups in total. The normalized spacial score (nSPS) is 19.3. The number of amides is 1. The zero-order valence-corrected chi connectivity index (χ0v) is 16.0. The van der Waals surface area contributed by atoms with Gasteiger partial charge < -0.3 is 19.3 Å². The van der Waals surface area contributed by atoms with E-state index in [1.54, 1.807) is 12.1 Å². The van der Waals surface area contributed by atoms with E-state index < -0.39 is 17.7 Å². The lowest BCUT2D eigenvalue weighted by atomic mass is 9.96. The minimum Gasteiger partial charge on any atom is -0.507 e. The molecule has 0 unspecified atom stereocenters. The molecule has 0 aliphatic carbocycles. The maximum absolute atomic E-state index is 12.8. The molecule has 0 spiro atoms.